The second-order valence-electron chi connectivity index (χ2n) is 10.1. The first-order valence-electron chi connectivity index (χ1n) is 13.8. The van der Waals surface area contributed by atoms with Crippen LogP contribution in [0, 0.1) is 6.92 Å². The minimum atomic E-state index is -0.278. The van der Waals surface area contributed by atoms with Crippen molar-refractivity contribution in [1.29, 1.82) is 0 Å². The van der Waals surface area contributed by atoms with Crippen LogP contribution in [0.4, 0.5) is 5.69 Å². The molecule has 0 bridgehead atoms. The quantitative estimate of drug-likeness (QED) is 0.204. The number of hydrogen-bond acceptors (Lipinski definition) is 7. The van der Waals surface area contributed by atoms with E-state index in [4.69, 9.17) is 20.4 Å². The molecule has 41 heavy (non-hydrogen) atoms. The van der Waals surface area contributed by atoms with Crippen LogP contribution in [-0.4, -0.2) is 66.3 Å². The topological polar surface area (TPSA) is 146 Å². The molecule has 4 atom stereocenters. The fourth-order valence-corrected chi connectivity index (χ4v) is 4.31. The summed E-state index contributed by atoms with van der Waals surface area (Å²) < 4.78 is 5.72. The zero-order valence-electron chi connectivity index (χ0n) is 24.9. The van der Waals surface area contributed by atoms with Crippen LogP contribution in [0.25, 0.3) is 0 Å². The first kappa shape index (κ1) is 35.1. The van der Waals surface area contributed by atoms with Gasteiger partial charge in [-0.1, -0.05) is 54.6 Å². The normalized spacial score (nSPS) is 18.4. The third kappa shape index (κ3) is 14.3. The minimum Gasteiger partial charge on any atom is -0.483 e. The lowest BCUT2D eigenvalue weighted by atomic mass is 10.1. The highest BCUT2D eigenvalue weighted by Crippen LogP contribution is 2.21. The number of nitrogens with two attached hydrogens (primary N) is 1. The molecule has 4 unspecified atom stereocenters. The van der Waals surface area contributed by atoms with E-state index in [1.165, 1.54) is 5.56 Å². The maximum Gasteiger partial charge on any atom is 0.290 e. The lowest BCUT2D eigenvalue weighted by molar-refractivity contribution is -0.126. The number of likely N-dealkylation sites (N-methyl/N-ethyl adjacent to an activating group) is 1. The zero-order valence-corrected chi connectivity index (χ0v) is 24.9. The summed E-state index contributed by atoms with van der Waals surface area (Å²) >= 11 is 0. The standard InChI is InChI=1S/C23H37N5O3.C7H8.CH2O2/c1-15(26-23(30)22-16(2)31-18(4)28(22)5)14-19-9-11-20(12-10-19)27-21(29)8-6-7-13-25-17(3)24;1-7-5-3-2-4-6-7;2-1-3/h9-12,15-16,18,22,25H,3,6-8,13-14,24H2,1-2,4-5H3,(H,26,30)(H,27,29);2-6H,1H3;1H,(H,2,3). The molecule has 0 aliphatic carbocycles. The summed E-state index contributed by atoms with van der Waals surface area (Å²) in [6, 6.07) is 17.7. The van der Waals surface area contributed by atoms with Gasteiger partial charge in [0.25, 0.3) is 6.47 Å². The van der Waals surface area contributed by atoms with E-state index in [1.807, 2.05) is 75.2 Å². The van der Waals surface area contributed by atoms with E-state index < -0.39 is 0 Å². The Kier molecular flexibility index (Phi) is 16.5. The number of carbonyl (C=O) groups excluding carboxylic acids is 2. The number of rotatable bonds is 11. The third-order valence-electron chi connectivity index (χ3n) is 6.43. The molecule has 10 nitrogen and oxygen atoms in total. The first-order valence-corrected chi connectivity index (χ1v) is 13.8. The fraction of sp³-hybridized carbons (Fsp3) is 0.452. The van der Waals surface area contributed by atoms with E-state index >= 15 is 0 Å². The van der Waals surface area contributed by atoms with Crippen LogP contribution >= 0.6 is 0 Å². The predicted octanol–water partition coefficient (Wildman–Crippen LogP) is 3.62. The summed E-state index contributed by atoms with van der Waals surface area (Å²) in [4.78, 5) is 35.0. The number of amides is 2. The van der Waals surface area contributed by atoms with Crippen LogP contribution in [-0.2, 0) is 25.5 Å². The van der Waals surface area contributed by atoms with E-state index in [-0.39, 0.29) is 42.7 Å². The summed E-state index contributed by atoms with van der Waals surface area (Å²) in [7, 11) is 1.91. The molecule has 0 aromatic heterocycles. The van der Waals surface area contributed by atoms with Crippen LogP contribution in [0.1, 0.15) is 51.2 Å². The Morgan fingerprint density at radius 3 is 2.22 bits per heavy atom. The zero-order chi connectivity index (χ0) is 30.8. The second kappa shape index (κ2) is 19.2. The van der Waals surface area contributed by atoms with Gasteiger partial charge in [0.05, 0.1) is 11.9 Å². The number of carbonyl (C=O) groups is 3. The van der Waals surface area contributed by atoms with E-state index in [0.29, 0.717) is 25.2 Å². The van der Waals surface area contributed by atoms with E-state index in [9.17, 15) is 9.59 Å². The Bertz CT molecular complexity index is 1060. The molecule has 1 aliphatic heterocycles. The van der Waals surface area contributed by atoms with E-state index in [2.05, 4.69) is 41.6 Å². The lowest BCUT2D eigenvalue weighted by Crippen LogP contribution is -2.49. The number of ether oxygens (including phenoxy) is 1. The molecule has 1 aliphatic rings. The highest BCUT2D eigenvalue weighted by Gasteiger charge is 2.40. The molecule has 1 heterocycles. The summed E-state index contributed by atoms with van der Waals surface area (Å²) in [5.74, 6) is 0.426. The first-order chi connectivity index (χ1) is 19.5. The molecule has 226 valence electrons. The molecule has 10 heteroatoms. The van der Waals surface area contributed by atoms with Crippen LogP contribution in [0.15, 0.2) is 67.0 Å². The van der Waals surface area contributed by atoms with Gasteiger partial charge in [0.1, 0.15) is 12.3 Å². The minimum absolute atomic E-state index is 0.00814. The predicted molar refractivity (Wildman–Crippen MR) is 163 cm³/mol. The number of hydrogen-bond donors (Lipinski definition) is 5. The van der Waals surface area contributed by atoms with Gasteiger partial charge in [-0.25, -0.2) is 0 Å². The number of aryl methyl sites for hydroxylation is 1. The van der Waals surface area contributed by atoms with Crippen molar-refractivity contribution in [2.75, 3.05) is 18.9 Å². The molecule has 1 saturated heterocycles. The van der Waals surface area contributed by atoms with Crippen molar-refractivity contribution in [2.45, 2.75) is 77.8 Å². The number of nitrogens with one attached hydrogen (secondary N) is 3. The van der Waals surface area contributed by atoms with Crippen LogP contribution in [0.3, 0.4) is 0 Å². The molecule has 0 saturated carbocycles. The van der Waals surface area contributed by atoms with Crippen molar-refractivity contribution < 1.29 is 24.2 Å². The molecule has 0 radical (unpaired) electrons. The number of benzene rings is 2. The fourth-order valence-electron chi connectivity index (χ4n) is 4.31. The van der Waals surface area contributed by atoms with Crippen molar-refractivity contribution in [3.63, 3.8) is 0 Å². The molecular weight excluding hydrogens is 522 g/mol. The largest absolute Gasteiger partial charge is 0.483 e. The van der Waals surface area contributed by atoms with Gasteiger partial charge in [0.15, 0.2) is 0 Å². The summed E-state index contributed by atoms with van der Waals surface area (Å²) in [5, 5.41) is 15.8. The monoisotopic (exact) mass is 569 g/mol. The van der Waals surface area contributed by atoms with Crippen molar-refractivity contribution in [1.82, 2.24) is 15.5 Å². The maximum atomic E-state index is 12.7. The van der Waals surface area contributed by atoms with Crippen LogP contribution in [0.5, 0.6) is 0 Å². The highest BCUT2D eigenvalue weighted by molar-refractivity contribution is 5.90. The molecule has 0 spiro atoms. The van der Waals surface area contributed by atoms with Gasteiger partial charge < -0.3 is 31.5 Å². The molecule has 6 N–H and O–H groups in total. The average Bonchev–Trinajstić information content (AvgIpc) is 3.16. The SMILES string of the molecule is C=C(N)NCCCCC(=O)Nc1ccc(CC(C)NC(=O)C2C(C)OC(C)N2C)cc1.Cc1ccccc1.O=CO. The van der Waals surface area contributed by atoms with Crippen molar-refractivity contribution in [3.8, 4) is 0 Å². The van der Waals surface area contributed by atoms with Crippen molar-refractivity contribution in [3.05, 3.63) is 78.1 Å². The van der Waals surface area contributed by atoms with Crippen LogP contribution < -0.4 is 21.7 Å². The van der Waals surface area contributed by atoms with E-state index in [1.54, 1.807) is 0 Å². The second-order valence-corrected chi connectivity index (χ2v) is 10.1. The third-order valence-corrected chi connectivity index (χ3v) is 6.43. The van der Waals surface area contributed by atoms with Crippen molar-refractivity contribution >= 4 is 24.0 Å². The summed E-state index contributed by atoms with van der Waals surface area (Å²) in [5.41, 5.74) is 8.62. The number of carboxylic acid groups (broad SMARTS) is 1. The molecule has 2 amide bonds. The molecule has 2 aromatic rings. The van der Waals surface area contributed by atoms with Gasteiger partial charge in [-0.3, -0.25) is 19.3 Å². The Hall–Kier alpha value is -3.89. The summed E-state index contributed by atoms with van der Waals surface area (Å²) in [6.45, 7) is 12.0. The molecule has 2 aromatic carbocycles. The number of nitrogens with zero attached hydrogens (tertiary/aromatic N) is 1. The molecule has 3 rings (SSSR count). The molecular formula is C31H47N5O5. The Labute approximate surface area is 244 Å². The summed E-state index contributed by atoms with van der Waals surface area (Å²) in [6.07, 6.45) is 2.60. The van der Waals surface area contributed by atoms with Gasteiger partial charge in [-0.15, -0.1) is 0 Å². The van der Waals surface area contributed by atoms with Gasteiger partial charge in [0.2, 0.25) is 11.8 Å². The smallest absolute Gasteiger partial charge is 0.290 e. The number of anilines is 1. The Balaban J connectivity index is 0.000000709. The van der Waals surface area contributed by atoms with Gasteiger partial charge in [-0.05, 0) is 71.7 Å². The van der Waals surface area contributed by atoms with Crippen molar-refractivity contribution in [2.24, 2.45) is 5.73 Å². The molecule has 1 fully saturated rings. The maximum absolute atomic E-state index is 12.7. The average molecular weight is 570 g/mol. The van der Waals surface area contributed by atoms with E-state index in [0.717, 1.165) is 24.1 Å². The highest BCUT2D eigenvalue weighted by atomic mass is 16.5. The van der Waals surface area contributed by atoms with Gasteiger partial charge >= 0.3 is 0 Å². The van der Waals surface area contributed by atoms with Gasteiger partial charge in [0, 0.05) is 24.7 Å². The Morgan fingerprint density at radius 2 is 1.73 bits per heavy atom. The van der Waals surface area contributed by atoms with Gasteiger partial charge in [-0.2, -0.15) is 0 Å². The van der Waals surface area contributed by atoms with Crippen LogP contribution in [0.2, 0.25) is 0 Å². The lowest BCUT2D eigenvalue weighted by Gasteiger charge is -2.24. The Morgan fingerprint density at radius 1 is 1.12 bits per heavy atom. The number of unbranched alkanes of at least 4 members (excludes halogenated alkanes) is 1.